The van der Waals surface area contributed by atoms with Gasteiger partial charge >= 0.3 is 35.8 Å². The van der Waals surface area contributed by atoms with E-state index in [1.165, 1.54) is 51.1 Å². The largest absolute Gasteiger partial charge is 0.497 e. The van der Waals surface area contributed by atoms with Crippen molar-refractivity contribution in [2.75, 3.05) is 70.1 Å². The minimum absolute atomic E-state index is 0.00835. The summed E-state index contributed by atoms with van der Waals surface area (Å²) in [5.74, 6) is -2.54. The Kier molecular flexibility index (Phi) is 42.3. The molecule has 0 heterocycles. The maximum Gasteiger partial charge on any atom is 0.347 e. The van der Waals surface area contributed by atoms with Gasteiger partial charge in [0.1, 0.15) is 76.9 Å². The summed E-state index contributed by atoms with van der Waals surface area (Å²) in [6.07, 6.45) is 9.69. The predicted molar refractivity (Wildman–Crippen MR) is 536 cm³/mol. The number of hydrogen-bond donors (Lipinski definition) is 6. The first-order valence-electron chi connectivity index (χ1n) is 46.4. The Labute approximate surface area is 824 Å². The smallest absolute Gasteiger partial charge is 0.347 e. The van der Waals surface area contributed by atoms with Gasteiger partial charge in [0.2, 0.25) is 17.7 Å². The van der Waals surface area contributed by atoms with Gasteiger partial charge in [-0.2, -0.15) is 0 Å². The van der Waals surface area contributed by atoms with E-state index in [2.05, 4.69) is 43.6 Å². The lowest BCUT2D eigenvalue weighted by atomic mass is 10.1. The monoisotopic (exact) mass is 1930 g/mol. The van der Waals surface area contributed by atoms with Crippen molar-refractivity contribution in [2.24, 2.45) is 0 Å². The molecule has 142 heavy (non-hydrogen) atoms. The Morgan fingerprint density at radius 2 is 0.613 bits per heavy atom. The van der Waals surface area contributed by atoms with Gasteiger partial charge in [0.25, 0.3) is 17.7 Å². The van der Waals surface area contributed by atoms with E-state index in [1.807, 2.05) is 36.4 Å². The lowest BCUT2D eigenvalue weighted by molar-refractivity contribution is -0.138. The fourth-order valence-corrected chi connectivity index (χ4v) is 14.3. The van der Waals surface area contributed by atoms with E-state index in [4.69, 9.17) is 42.6 Å². The maximum absolute atomic E-state index is 13.3. The van der Waals surface area contributed by atoms with Gasteiger partial charge in [-0.3, -0.25) is 43.2 Å². The number of para-hydroxylation sites is 1. The molecule has 0 atom stereocenters. The number of benzene rings is 12. The van der Waals surface area contributed by atoms with Crippen molar-refractivity contribution in [1.82, 2.24) is 14.7 Å². The van der Waals surface area contributed by atoms with Crippen LogP contribution in [0.3, 0.4) is 0 Å². The lowest BCUT2D eigenvalue weighted by Gasteiger charge is -2.21. The quantitative estimate of drug-likeness (QED) is 0.0117. The Morgan fingerprint density at radius 3 is 0.972 bits per heavy atom. The molecule has 0 aliphatic carbocycles. The summed E-state index contributed by atoms with van der Waals surface area (Å²) in [7, 11) is 4.72. The van der Waals surface area contributed by atoms with Crippen LogP contribution in [0.1, 0.15) is 181 Å². The summed E-state index contributed by atoms with van der Waals surface area (Å²) in [5, 5.41) is 36.9. The number of carbonyl (C=O) groups is 12. The Bertz CT molecular complexity index is 6160. The van der Waals surface area contributed by atoms with Crippen molar-refractivity contribution < 1.29 is 115 Å². The van der Waals surface area contributed by atoms with E-state index in [1.54, 1.807) is 240 Å². The van der Waals surface area contributed by atoms with Gasteiger partial charge < -0.3 is 88.6 Å². The average molecular weight is 1930 g/mol. The van der Waals surface area contributed by atoms with Gasteiger partial charge in [0.05, 0.1) is 71.0 Å². The van der Waals surface area contributed by atoms with E-state index in [0.29, 0.717) is 115 Å². The van der Waals surface area contributed by atoms with Crippen molar-refractivity contribution in [3.05, 3.63) is 358 Å². The number of carbonyl (C=O) groups excluding carboxylic acids is 9. The van der Waals surface area contributed by atoms with Gasteiger partial charge in [-0.25, -0.2) is 14.4 Å². The number of nitrogens with one attached hydrogen (secondary N) is 3. The molecule has 12 aromatic carbocycles. The summed E-state index contributed by atoms with van der Waals surface area (Å²) in [6.45, 7) is 7.92. The van der Waals surface area contributed by atoms with Crippen molar-refractivity contribution in [2.45, 2.75) is 130 Å². The SMILES string of the molecule is CCC(CC)Oc1ccc(C(=O)Oc2ccc(CN(CC(=O)O)C(=O)c3ccc(NC(=O)Cc4ccc(OC)cc4)cc3)cc2)cc1.CCCCCCOc1ccccc1C(=O)Oc1ccc(CN(CC(=O)O)C(=O)c2ccc(NC(=O)Cc3ccc(OC)cc3)cc2)cc1.CCCCCOc1cccc(C(=O)Oc2ccc(CN(CC(=O)O)C(=O)c3ccc(NC(=O)Cc4ccc(OC)cc4)cc3)cc2)c1. The molecule has 0 saturated heterocycles. The fourth-order valence-electron chi connectivity index (χ4n) is 14.3. The normalized spacial score (nSPS) is 10.6. The first-order chi connectivity index (χ1) is 68.6. The Balaban J connectivity index is 0.000000219. The number of ether oxygens (including phenoxy) is 9. The summed E-state index contributed by atoms with van der Waals surface area (Å²) in [4.78, 5) is 154. The van der Waals surface area contributed by atoms with Crippen molar-refractivity contribution in [3.8, 4) is 51.7 Å². The number of amides is 6. The molecule has 6 amide bonds. The highest BCUT2D eigenvalue weighted by molar-refractivity contribution is 6.01. The molecule has 0 aromatic heterocycles. The van der Waals surface area contributed by atoms with Gasteiger partial charge in [-0.1, -0.05) is 151 Å². The second-order valence-corrected chi connectivity index (χ2v) is 32.8. The number of hydrogen-bond acceptors (Lipinski definition) is 21. The number of methoxy groups -OCH3 is 3. The number of carboxylic acid groups (broad SMARTS) is 3. The van der Waals surface area contributed by atoms with Crippen LogP contribution >= 0.6 is 0 Å². The maximum atomic E-state index is 13.3. The molecule has 0 aliphatic heterocycles. The number of unbranched alkanes of at least 4 members (excludes halogenated alkanes) is 5. The number of carboxylic acids is 3. The fraction of sp³-hybridized carbons (Fsp3) is 0.250. The molecule has 0 aliphatic rings. The third-order valence-electron chi connectivity index (χ3n) is 21.9. The van der Waals surface area contributed by atoms with Gasteiger partial charge in [0, 0.05) is 53.4 Å². The molecule has 12 rings (SSSR count). The molecule has 0 bridgehead atoms. The standard InChI is InChI=1S/C38H40N2O8.2C37H38N2O8/c1-3-4-5-8-23-47-34-10-7-6-9-33(34)38(45)48-32-21-13-28(14-22-32)25-40(26-36(42)43)37(44)29-15-17-30(18-16-29)39-35(41)24-27-11-19-31(46-2)20-12-27;1-4-30(5-2)46-32-20-12-28(13-21-32)37(44)47-33-18-8-26(9-19-33)23-39(24-35(41)42)36(43)27-10-14-29(15-11-27)38-34(40)22-25-6-16-31(45-3)17-7-25;1-3-4-5-21-46-33-8-6-7-29(23-33)37(44)47-32-19-11-27(12-20-32)24-39(25-35(41)42)36(43)28-13-15-30(16-14-28)38-34(40)22-26-9-17-31(45-2)18-10-26/h6-7,9-22H,3-5,8,23-26H2,1-2H3,(H,39,41)(H,42,43);6-21,30H,4-5,22-24H2,1-3H3,(H,38,40)(H,41,42);6-20,23H,3-5,21-22,24-25H2,1-2H3,(H,38,40)(H,41,42). The van der Waals surface area contributed by atoms with E-state index < -0.39 is 73.2 Å². The second-order valence-electron chi connectivity index (χ2n) is 32.8. The van der Waals surface area contributed by atoms with Crippen LogP contribution in [0.2, 0.25) is 0 Å². The molecule has 12 aromatic rings. The lowest BCUT2D eigenvalue weighted by Crippen LogP contribution is -2.35. The topological polar surface area (TPSA) is 394 Å². The third-order valence-corrected chi connectivity index (χ3v) is 21.9. The van der Waals surface area contributed by atoms with Crippen molar-refractivity contribution >= 4 is 88.3 Å². The Hall–Kier alpha value is -16.9. The highest BCUT2D eigenvalue weighted by Gasteiger charge is 2.26. The minimum atomic E-state index is -1.16. The van der Waals surface area contributed by atoms with Crippen LogP contribution in [0.4, 0.5) is 17.1 Å². The number of aliphatic carboxylic acids is 3. The van der Waals surface area contributed by atoms with Crippen LogP contribution < -0.4 is 58.6 Å². The molecule has 0 spiro atoms. The number of nitrogens with zero attached hydrogens (tertiary/aromatic N) is 3. The molecular weight excluding hydrogens is 1810 g/mol. The number of rotatable bonds is 48. The molecule has 0 radical (unpaired) electrons. The van der Waals surface area contributed by atoms with Crippen LogP contribution in [-0.4, -0.2) is 162 Å². The van der Waals surface area contributed by atoms with Gasteiger partial charge in [0.15, 0.2) is 0 Å². The number of anilines is 3. The van der Waals surface area contributed by atoms with Crippen LogP contribution in [0.15, 0.2) is 291 Å². The summed E-state index contributed by atoms with van der Waals surface area (Å²) in [6, 6.07) is 80.3. The molecule has 0 unspecified atom stereocenters. The first-order valence-corrected chi connectivity index (χ1v) is 46.4. The molecule has 0 saturated carbocycles. The zero-order valence-electron chi connectivity index (χ0n) is 80.2. The molecule has 738 valence electrons. The van der Waals surface area contributed by atoms with E-state index >= 15 is 0 Å². The van der Waals surface area contributed by atoms with E-state index in [-0.39, 0.29) is 79.4 Å². The molecule has 30 heteroatoms. The van der Waals surface area contributed by atoms with Crippen LogP contribution in [0.5, 0.6) is 51.7 Å². The summed E-state index contributed by atoms with van der Waals surface area (Å²) >= 11 is 0. The van der Waals surface area contributed by atoms with E-state index in [9.17, 15) is 72.9 Å². The minimum Gasteiger partial charge on any atom is -0.497 e. The van der Waals surface area contributed by atoms with Crippen molar-refractivity contribution in [1.29, 1.82) is 0 Å². The van der Waals surface area contributed by atoms with Gasteiger partial charge in [-0.15, -0.1) is 0 Å². The van der Waals surface area contributed by atoms with Crippen LogP contribution in [0, 0.1) is 0 Å². The van der Waals surface area contributed by atoms with Crippen molar-refractivity contribution in [3.63, 3.8) is 0 Å². The molecule has 30 nitrogen and oxygen atoms in total. The number of esters is 3. The summed E-state index contributed by atoms with van der Waals surface area (Å²) in [5.41, 5.74) is 7.72. The first kappa shape index (κ1) is 107. The van der Waals surface area contributed by atoms with Crippen LogP contribution in [0.25, 0.3) is 0 Å². The van der Waals surface area contributed by atoms with Gasteiger partial charge in [-0.05, 0) is 259 Å². The highest BCUT2D eigenvalue weighted by atomic mass is 16.5. The predicted octanol–water partition coefficient (Wildman–Crippen LogP) is 19.6. The average Bonchev–Trinajstić information content (AvgIpc) is 0.841. The van der Waals surface area contributed by atoms with Crippen LogP contribution in [-0.2, 0) is 67.7 Å². The molecule has 6 N–H and O–H groups in total. The Morgan fingerprint density at radius 1 is 0.296 bits per heavy atom. The third kappa shape index (κ3) is 35.6. The zero-order chi connectivity index (χ0) is 102. The highest BCUT2D eigenvalue weighted by Crippen LogP contribution is 2.29. The van der Waals surface area contributed by atoms with E-state index in [0.717, 1.165) is 74.5 Å². The summed E-state index contributed by atoms with van der Waals surface area (Å²) < 4.78 is 49.5. The molecule has 0 fully saturated rings. The molecular formula is C112H116N6O24. The zero-order valence-corrected chi connectivity index (χ0v) is 80.2. The second kappa shape index (κ2) is 56.1.